The van der Waals surface area contributed by atoms with Crippen molar-refractivity contribution in [2.75, 3.05) is 48.4 Å². The number of β-amino-alcohol motifs (C(OH)–C–C–N with tert-alkyl or cyclic N) is 1. The van der Waals surface area contributed by atoms with Gasteiger partial charge in [0.05, 0.1) is 36.1 Å². The summed E-state index contributed by atoms with van der Waals surface area (Å²) in [6, 6.07) is 23.2. The van der Waals surface area contributed by atoms with Crippen LogP contribution in [0, 0.1) is 0 Å². The fourth-order valence-electron chi connectivity index (χ4n) is 5.26. The average molecular weight is 609 g/mol. The SMILES string of the molecule is O=C(Nc1ccc(C(O)CN2CCOCC2)cc1)c1sc2ncnc3c2c1NC(=O)N3c1ccc(Oc2ccccc2)cc1. The fourth-order valence-corrected chi connectivity index (χ4v) is 6.25. The lowest BCUT2D eigenvalue weighted by Crippen LogP contribution is -2.38. The molecule has 1 fully saturated rings. The van der Waals surface area contributed by atoms with E-state index in [2.05, 4.69) is 25.5 Å². The van der Waals surface area contributed by atoms with Gasteiger partial charge in [0.25, 0.3) is 5.91 Å². The van der Waals surface area contributed by atoms with Crippen LogP contribution >= 0.6 is 11.3 Å². The zero-order valence-corrected chi connectivity index (χ0v) is 24.3. The zero-order chi connectivity index (χ0) is 30.0. The van der Waals surface area contributed by atoms with E-state index in [0.29, 0.717) is 69.2 Å². The molecule has 2 aromatic heterocycles. The standard InChI is InChI=1S/C32H28N6O5S/c39-25(18-37-14-16-42-17-15-37)20-6-8-21(9-7-20)35-30(40)28-27-26-29(33-19-34-31(26)44-28)38(32(41)36-27)22-10-12-24(13-11-22)43-23-4-2-1-3-5-23/h1-13,19,25,39H,14-18H2,(H,35,40)(H,36,41). The lowest BCUT2D eigenvalue weighted by molar-refractivity contribution is 0.0143. The smallest absolute Gasteiger partial charge is 0.332 e. The molecule has 2 aliphatic heterocycles. The highest BCUT2D eigenvalue weighted by molar-refractivity contribution is 7.21. The number of morpholine rings is 1. The van der Waals surface area contributed by atoms with E-state index in [1.54, 1.807) is 48.5 Å². The number of thiophene rings is 1. The number of nitrogens with one attached hydrogen (secondary N) is 2. The maximum Gasteiger partial charge on any atom is 0.332 e. The van der Waals surface area contributed by atoms with Gasteiger partial charge in [0.2, 0.25) is 0 Å². The first-order chi connectivity index (χ1) is 21.5. The highest BCUT2D eigenvalue weighted by Gasteiger charge is 2.34. The maximum atomic E-state index is 13.4. The number of amides is 3. The van der Waals surface area contributed by atoms with Gasteiger partial charge in [0.15, 0.2) is 5.82 Å². The van der Waals surface area contributed by atoms with E-state index in [0.717, 1.165) is 18.7 Å². The van der Waals surface area contributed by atoms with Gasteiger partial charge >= 0.3 is 6.03 Å². The molecule has 5 aromatic rings. The molecule has 3 aromatic carbocycles. The third kappa shape index (κ3) is 5.58. The monoisotopic (exact) mass is 608 g/mol. The van der Waals surface area contributed by atoms with Crippen LogP contribution in [0.3, 0.4) is 0 Å². The van der Waals surface area contributed by atoms with Gasteiger partial charge in [-0.25, -0.2) is 19.7 Å². The first-order valence-electron chi connectivity index (χ1n) is 14.1. The summed E-state index contributed by atoms with van der Waals surface area (Å²) in [4.78, 5) is 40.2. The van der Waals surface area contributed by atoms with Crippen LogP contribution in [0.1, 0.15) is 21.3 Å². The normalized spacial score (nSPS) is 15.6. The number of carbonyl (C=O) groups excluding carboxylic acids is 2. The van der Waals surface area contributed by atoms with Crippen molar-refractivity contribution < 1.29 is 24.2 Å². The van der Waals surface area contributed by atoms with E-state index in [1.807, 2.05) is 30.3 Å². The Morgan fingerprint density at radius 2 is 1.73 bits per heavy atom. The minimum absolute atomic E-state index is 0.317. The first-order valence-corrected chi connectivity index (χ1v) is 15.0. The van der Waals surface area contributed by atoms with Crippen molar-refractivity contribution in [2.24, 2.45) is 0 Å². The van der Waals surface area contributed by atoms with Crippen LogP contribution < -0.4 is 20.3 Å². The molecule has 11 nitrogen and oxygen atoms in total. The number of aliphatic hydroxyl groups is 1. The molecule has 1 saturated heterocycles. The topological polar surface area (TPSA) is 129 Å². The second-order valence-electron chi connectivity index (χ2n) is 10.4. The lowest BCUT2D eigenvalue weighted by atomic mass is 10.1. The summed E-state index contributed by atoms with van der Waals surface area (Å²) in [7, 11) is 0. The van der Waals surface area contributed by atoms with Crippen LogP contribution in [0.25, 0.3) is 10.2 Å². The molecule has 3 amide bonds. The molecule has 2 aliphatic rings. The molecule has 0 spiro atoms. The van der Waals surface area contributed by atoms with Gasteiger partial charge < -0.3 is 25.2 Å². The summed E-state index contributed by atoms with van der Waals surface area (Å²) in [6.07, 6.45) is 0.742. The van der Waals surface area contributed by atoms with Crippen molar-refractivity contribution in [1.29, 1.82) is 0 Å². The number of urea groups is 1. The van der Waals surface area contributed by atoms with Gasteiger partial charge in [0.1, 0.15) is 27.5 Å². The summed E-state index contributed by atoms with van der Waals surface area (Å²) in [5.41, 5.74) is 2.29. The quantitative estimate of drug-likeness (QED) is 0.202. The van der Waals surface area contributed by atoms with Crippen molar-refractivity contribution in [2.45, 2.75) is 6.10 Å². The molecule has 0 bridgehead atoms. The van der Waals surface area contributed by atoms with Crippen molar-refractivity contribution in [3.05, 3.63) is 95.6 Å². The van der Waals surface area contributed by atoms with Crippen molar-refractivity contribution in [3.63, 3.8) is 0 Å². The zero-order valence-electron chi connectivity index (χ0n) is 23.5. The Morgan fingerprint density at radius 1 is 1.00 bits per heavy atom. The molecule has 0 saturated carbocycles. The number of para-hydroxylation sites is 1. The van der Waals surface area contributed by atoms with Crippen LogP contribution in [0.4, 0.5) is 27.7 Å². The Morgan fingerprint density at radius 3 is 2.48 bits per heavy atom. The van der Waals surface area contributed by atoms with Gasteiger partial charge in [-0.2, -0.15) is 0 Å². The van der Waals surface area contributed by atoms with E-state index < -0.39 is 12.1 Å². The molecule has 222 valence electrons. The molecule has 44 heavy (non-hydrogen) atoms. The number of nitrogens with zero attached hydrogens (tertiary/aromatic N) is 4. The number of benzene rings is 3. The molecule has 1 atom stereocenters. The number of aromatic nitrogens is 2. The Balaban J connectivity index is 1.09. The Kier molecular flexibility index (Phi) is 7.62. The highest BCUT2D eigenvalue weighted by Crippen LogP contribution is 2.45. The molecular formula is C32H28N6O5S. The highest BCUT2D eigenvalue weighted by atomic mass is 32.1. The molecule has 12 heteroatoms. The summed E-state index contributed by atoms with van der Waals surface area (Å²) in [6.45, 7) is 3.44. The molecular weight excluding hydrogens is 580 g/mol. The van der Waals surface area contributed by atoms with Crippen molar-refractivity contribution in [3.8, 4) is 11.5 Å². The van der Waals surface area contributed by atoms with Gasteiger partial charge in [-0.05, 0) is 54.1 Å². The first kappa shape index (κ1) is 27.9. The number of rotatable bonds is 8. The third-order valence-corrected chi connectivity index (χ3v) is 8.58. The van der Waals surface area contributed by atoms with E-state index in [9.17, 15) is 14.7 Å². The van der Waals surface area contributed by atoms with Crippen LogP contribution in [0.5, 0.6) is 11.5 Å². The molecule has 1 unspecified atom stereocenters. The molecule has 3 N–H and O–H groups in total. The summed E-state index contributed by atoms with van der Waals surface area (Å²) >= 11 is 1.18. The van der Waals surface area contributed by atoms with E-state index in [1.165, 1.54) is 22.6 Å². The van der Waals surface area contributed by atoms with Gasteiger partial charge in [-0.15, -0.1) is 11.3 Å². The van der Waals surface area contributed by atoms with Crippen LogP contribution in [0.2, 0.25) is 0 Å². The number of ether oxygens (including phenoxy) is 2. The minimum Gasteiger partial charge on any atom is -0.457 e. The van der Waals surface area contributed by atoms with Gasteiger partial charge in [-0.3, -0.25) is 9.69 Å². The van der Waals surface area contributed by atoms with Crippen LogP contribution in [0.15, 0.2) is 85.2 Å². The van der Waals surface area contributed by atoms with E-state index in [-0.39, 0.29) is 5.91 Å². The van der Waals surface area contributed by atoms with Crippen LogP contribution in [-0.4, -0.2) is 64.8 Å². The maximum absolute atomic E-state index is 13.4. The Bertz CT molecular complexity index is 1810. The Labute approximate surface area is 256 Å². The molecule has 4 heterocycles. The average Bonchev–Trinajstić information content (AvgIpc) is 3.42. The third-order valence-electron chi connectivity index (χ3n) is 7.48. The number of carbonyl (C=O) groups is 2. The fraction of sp³-hybridized carbons (Fsp3) is 0.188. The number of anilines is 4. The van der Waals surface area contributed by atoms with E-state index >= 15 is 0 Å². The summed E-state index contributed by atoms with van der Waals surface area (Å²) in [5, 5.41) is 17.1. The Hall–Kier alpha value is -4.88. The molecule has 0 radical (unpaired) electrons. The van der Waals surface area contributed by atoms with Gasteiger partial charge in [0, 0.05) is 25.3 Å². The predicted molar refractivity (Wildman–Crippen MR) is 168 cm³/mol. The molecule has 0 aliphatic carbocycles. The second-order valence-corrected chi connectivity index (χ2v) is 11.4. The number of aliphatic hydroxyl groups excluding tert-OH is 1. The number of hydrogen-bond acceptors (Lipinski definition) is 9. The van der Waals surface area contributed by atoms with Crippen molar-refractivity contribution in [1.82, 2.24) is 14.9 Å². The largest absolute Gasteiger partial charge is 0.457 e. The van der Waals surface area contributed by atoms with Crippen molar-refractivity contribution >= 4 is 56.4 Å². The predicted octanol–water partition coefficient (Wildman–Crippen LogP) is 5.79. The number of hydrogen-bond donors (Lipinski definition) is 3. The lowest BCUT2D eigenvalue weighted by Gasteiger charge is -2.28. The minimum atomic E-state index is -0.646. The summed E-state index contributed by atoms with van der Waals surface area (Å²) < 4.78 is 11.3. The van der Waals surface area contributed by atoms with E-state index in [4.69, 9.17) is 9.47 Å². The van der Waals surface area contributed by atoms with Crippen LogP contribution in [-0.2, 0) is 4.74 Å². The second kappa shape index (κ2) is 12.0. The molecule has 7 rings (SSSR count). The van der Waals surface area contributed by atoms with Gasteiger partial charge in [-0.1, -0.05) is 30.3 Å². The summed E-state index contributed by atoms with van der Waals surface area (Å²) in [5.74, 6) is 1.34.